The monoisotopic (exact) mass is 293 g/mol. The number of nitro groups is 1. The van der Waals surface area contributed by atoms with Gasteiger partial charge in [-0.05, 0) is 32.0 Å². The fourth-order valence-corrected chi connectivity index (χ4v) is 2.63. The second-order valence-electron chi connectivity index (χ2n) is 6.00. The van der Waals surface area contributed by atoms with Gasteiger partial charge in [0.2, 0.25) is 0 Å². The van der Waals surface area contributed by atoms with E-state index < -0.39 is 0 Å². The molecule has 5 heteroatoms. The summed E-state index contributed by atoms with van der Waals surface area (Å²) in [7, 11) is 4.17. The zero-order valence-corrected chi connectivity index (χ0v) is 13.7. The van der Waals surface area contributed by atoms with Gasteiger partial charge in [0.05, 0.1) is 4.92 Å². The van der Waals surface area contributed by atoms with Crippen molar-refractivity contribution < 1.29 is 4.92 Å². The summed E-state index contributed by atoms with van der Waals surface area (Å²) in [5.74, 6) is 0.551. The first-order chi connectivity index (χ1) is 9.86. The van der Waals surface area contributed by atoms with E-state index in [2.05, 4.69) is 45.1 Å². The van der Waals surface area contributed by atoms with Gasteiger partial charge in [-0.2, -0.15) is 0 Å². The van der Waals surface area contributed by atoms with Gasteiger partial charge in [0.25, 0.3) is 5.69 Å². The minimum absolute atomic E-state index is 0.145. The summed E-state index contributed by atoms with van der Waals surface area (Å²) in [4.78, 5) is 12.8. The van der Waals surface area contributed by atoms with E-state index in [9.17, 15) is 10.1 Å². The molecule has 0 aliphatic heterocycles. The molecular formula is C16H27N3O2. The van der Waals surface area contributed by atoms with Crippen LogP contribution in [0.4, 0.5) is 5.69 Å². The van der Waals surface area contributed by atoms with Crippen LogP contribution in [0.3, 0.4) is 0 Å². The highest BCUT2D eigenvalue weighted by atomic mass is 16.6. The molecule has 2 atom stereocenters. The van der Waals surface area contributed by atoms with Crippen molar-refractivity contribution in [3.63, 3.8) is 0 Å². The molecule has 1 aromatic rings. The van der Waals surface area contributed by atoms with Crippen LogP contribution in [0, 0.1) is 16.0 Å². The van der Waals surface area contributed by atoms with E-state index in [0.29, 0.717) is 12.0 Å². The summed E-state index contributed by atoms with van der Waals surface area (Å²) in [6.07, 6.45) is 0.902. The van der Waals surface area contributed by atoms with Crippen LogP contribution >= 0.6 is 0 Å². The molecule has 0 fully saturated rings. The molecule has 0 saturated carbocycles. The van der Waals surface area contributed by atoms with E-state index in [1.807, 2.05) is 6.07 Å². The fraction of sp³-hybridized carbons (Fsp3) is 0.625. The number of hydrogen-bond donors (Lipinski definition) is 1. The Bertz CT molecular complexity index is 453. The average Bonchev–Trinajstić information content (AvgIpc) is 2.42. The van der Waals surface area contributed by atoms with Gasteiger partial charge in [-0.3, -0.25) is 10.1 Å². The van der Waals surface area contributed by atoms with Crippen LogP contribution < -0.4 is 5.32 Å². The third-order valence-corrected chi connectivity index (χ3v) is 3.90. The normalized spacial score (nSPS) is 14.4. The lowest BCUT2D eigenvalue weighted by Gasteiger charge is -2.30. The quantitative estimate of drug-likeness (QED) is 0.590. The zero-order chi connectivity index (χ0) is 16.0. The molecule has 0 aliphatic carbocycles. The van der Waals surface area contributed by atoms with Crippen molar-refractivity contribution in [1.82, 2.24) is 10.2 Å². The maximum absolute atomic E-state index is 10.9. The fourth-order valence-electron chi connectivity index (χ4n) is 2.63. The van der Waals surface area contributed by atoms with E-state index in [1.165, 1.54) is 6.07 Å². The Morgan fingerprint density at radius 1 is 1.33 bits per heavy atom. The number of nitrogens with zero attached hydrogens (tertiary/aromatic N) is 2. The Morgan fingerprint density at radius 2 is 2.00 bits per heavy atom. The van der Waals surface area contributed by atoms with Crippen molar-refractivity contribution in [3.8, 4) is 0 Å². The number of nitro benzene ring substituents is 1. The molecule has 0 heterocycles. The summed E-state index contributed by atoms with van der Waals surface area (Å²) in [6.45, 7) is 7.38. The standard InChI is InChI=1S/C16H27N3O2/c1-6-15(17-11-16(12(2)3)18(4)5)13-8-7-9-14(10-13)19(20)21/h7-10,12,15-17H,6,11H2,1-5H3. The second kappa shape index (κ2) is 8.10. The average molecular weight is 293 g/mol. The predicted octanol–water partition coefficient (Wildman–Crippen LogP) is 3.22. The molecule has 118 valence electrons. The number of likely N-dealkylation sites (N-methyl/N-ethyl adjacent to an activating group) is 1. The van der Waals surface area contributed by atoms with E-state index in [-0.39, 0.29) is 16.7 Å². The number of benzene rings is 1. The smallest absolute Gasteiger partial charge is 0.269 e. The maximum atomic E-state index is 10.9. The van der Waals surface area contributed by atoms with Crippen molar-refractivity contribution in [1.29, 1.82) is 0 Å². The van der Waals surface area contributed by atoms with Gasteiger partial charge in [0.15, 0.2) is 0 Å². The SMILES string of the molecule is CCC(NCC(C(C)C)N(C)C)c1cccc([N+](=O)[O-])c1. The van der Waals surface area contributed by atoms with Gasteiger partial charge in [-0.15, -0.1) is 0 Å². The molecule has 1 aromatic carbocycles. The van der Waals surface area contributed by atoms with Crippen LogP contribution in [-0.4, -0.2) is 36.5 Å². The largest absolute Gasteiger partial charge is 0.308 e. The molecule has 0 aliphatic rings. The van der Waals surface area contributed by atoms with E-state index in [1.54, 1.807) is 12.1 Å². The zero-order valence-electron chi connectivity index (χ0n) is 13.7. The third kappa shape index (κ3) is 5.10. The van der Waals surface area contributed by atoms with Crippen molar-refractivity contribution >= 4 is 5.69 Å². The Morgan fingerprint density at radius 3 is 2.48 bits per heavy atom. The van der Waals surface area contributed by atoms with Crippen molar-refractivity contribution in [2.45, 2.75) is 39.3 Å². The Labute approximate surface area is 127 Å². The third-order valence-electron chi connectivity index (χ3n) is 3.90. The maximum Gasteiger partial charge on any atom is 0.269 e. The van der Waals surface area contributed by atoms with Gasteiger partial charge < -0.3 is 10.2 Å². The van der Waals surface area contributed by atoms with Crippen LogP contribution in [0.15, 0.2) is 24.3 Å². The lowest BCUT2D eigenvalue weighted by atomic mass is 10.0. The highest BCUT2D eigenvalue weighted by Gasteiger charge is 2.18. The topological polar surface area (TPSA) is 58.4 Å². The number of non-ortho nitro benzene ring substituents is 1. The van der Waals surface area contributed by atoms with E-state index in [4.69, 9.17) is 0 Å². The molecule has 0 spiro atoms. The summed E-state index contributed by atoms with van der Waals surface area (Å²) < 4.78 is 0. The predicted molar refractivity (Wildman–Crippen MR) is 86.4 cm³/mol. The first-order valence-corrected chi connectivity index (χ1v) is 7.51. The Hall–Kier alpha value is -1.46. The molecule has 5 nitrogen and oxygen atoms in total. The minimum Gasteiger partial charge on any atom is -0.308 e. The Kier molecular flexibility index (Phi) is 6.78. The van der Waals surface area contributed by atoms with Crippen LogP contribution in [-0.2, 0) is 0 Å². The van der Waals surface area contributed by atoms with Crippen LogP contribution in [0.25, 0.3) is 0 Å². The Balaban J connectivity index is 2.79. The van der Waals surface area contributed by atoms with E-state index >= 15 is 0 Å². The van der Waals surface area contributed by atoms with Crippen molar-refractivity contribution in [3.05, 3.63) is 39.9 Å². The molecule has 0 aromatic heterocycles. The van der Waals surface area contributed by atoms with Gasteiger partial charge in [0, 0.05) is 30.8 Å². The summed E-state index contributed by atoms with van der Waals surface area (Å²) >= 11 is 0. The second-order valence-corrected chi connectivity index (χ2v) is 6.00. The molecule has 1 rings (SSSR count). The van der Waals surface area contributed by atoms with Crippen molar-refractivity contribution in [2.75, 3.05) is 20.6 Å². The van der Waals surface area contributed by atoms with Crippen LogP contribution in [0.1, 0.15) is 38.8 Å². The number of rotatable bonds is 8. The van der Waals surface area contributed by atoms with Gasteiger partial charge in [0.1, 0.15) is 0 Å². The molecule has 1 N–H and O–H groups in total. The minimum atomic E-state index is -0.340. The molecule has 21 heavy (non-hydrogen) atoms. The summed E-state index contributed by atoms with van der Waals surface area (Å²) in [6, 6.07) is 7.50. The molecular weight excluding hydrogens is 266 g/mol. The molecule has 0 saturated heterocycles. The highest BCUT2D eigenvalue weighted by molar-refractivity contribution is 5.35. The molecule has 0 bridgehead atoms. The lowest BCUT2D eigenvalue weighted by molar-refractivity contribution is -0.384. The summed E-state index contributed by atoms with van der Waals surface area (Å²) in [5.41, 5.74) is 1.13. The first-order valence-electron chi connectivity index (χ1n) is 7.51. The van der Waals surface area contributed by atoms with Crippen LogP contribution in [0.5, 0.6) is 0 Å². The van der Waals surface area contributed by atoms with Gasteiger partial charge >= 0.3 is 0 Å². The first kappa shape index (κ1) is 17.6. The van der Waals surface area contributed by atoms with E-state index in [0.717, 1.165) is 18.5 Å². The van der Waals surface area contributed by atoms with Crippen molar-refractivity contribution in [2.24, 2.45) is 5.92 Å². The molecule has 0 radical (unpaired) electrons. The van der Waals surface area contributed by atoms with Crippen LogP contribution in [0.2, 0.25) is 0 Å². The highest BCUT2D eigenvalue weighted by Crippen LogP contribution is 2.22. The number of hydrogen-bond acceptors (Lipinski definition) is 4. The van der Waals surface area contributed by atoms with Gasteiger partial charge in [-0.25, -0.2) is 0 Å². The lowest BCUT2D eigenvalue weighted by Crippen LogP contribution is -2.42. The summed E-state index contributed by atoms with van der Waals surface area (Å²) in [5, 5.41) is 14.4. The number of nitrogens with one attached hydrogen (secondary N) is 1. The van der Waals surface area contributed by atoms with Gasteiger partial charge in [-0.1, -0.05) is 32.9 Å². The molecule has 2 unspecified atom stereocenters. The molecule has 0 amide bonds.